The van der Waals surface area contributed by atoms with Gasteiger partial charge in [0.05, 0.1) is 6.54 Å². The predicted molar refractivity (Wildman–Crippen MR) is 93.7 cm³/mol. The molecule has 1 N–H and O–H groups in total. The van der Waals surface area contributed by atoms with E-state index >= 15 is 0 Å². The lowest BCUT2D eigenvalue weighted by molar-refractivity contribution is 0.0770. The lowest BCUT2D eigenvalue weighted by Gasteiger charge is -2.17. The first kappa shape index (κ1) is 15.4. The Balaban J connectivity index is 1.52. The highest BCUT2D eigenvalue weighted by molar-refractivity contribution is 5.97. The molecule has 3 heterocycles. The van der Waals surface area contributed by atoms with Crippen LogP contribution in [0.5, 0.6) is 5.88 Å². The van der Waals surface area contributed by atoms with Crippen molar-refractivity contribution in [2.24, 2.45) is 0 Å². The Bertz CT molecular complexity index is 968. The van der Waals surface area contributed by atoms with Gasteiger partial charge in [-0.2, -0.15) is 0 Å². The normalized spacial score (nSPS) is 17.0. The summed E-state index contributed by atoms with van der Waals surface area (Å²) in [6, 6.07) is 12.6. The zero-order chi connectivity index (χ0) is 17.2. The predicted octanol–water partition coefficient (Wildman–Crippen LogP) is 2.22. The second-order valence-electron chi connectivity index (χ2n) is 6.02. The fourth-order valence-corrected chi connectivity index (χ4v) is 3.09. The third-order valence-electron chi connectivity index (χ3n) is 4.38. The van der Waals surface area contributed by atoms with Crippen molar-refractivity contribution >= 4 is 16.8 Å². The zero-order valence-corrected chi connectivity index (χ0v) is 13.5. The van der Waals surface area contributed by atoms with Gasteiger partial charge in [0.15, 0.2) is 0 Å². The number of aromatic nitrogens is 2. The largest absolute Gasteiger partial charge is 0.472 e. The molecule has 4 rings (SSSR count). The third-order valence-corrected chi connectivity index (χ3v) is 4.38. The molecule has 1 aliphatic rings. The molecule has 2 aromatic heterocycles. The molecular weight excluding hydrogens is 318 g/mol. The molecule has 0 aliphatic carbocycles. The summed E-state index contributed by atoms with van der Waals surface area (Å²) >= 11 is 0. The summed E-state index contributed by atoms with van der Waals surface area (Å²) in [6.07, 6.45) is 3.77. The molecule has 1 saturated heterocycles. The number of fused-ring (bicyclic) bond motifs is 1. The highest BCUT2D eigenvalue weighted by atomic mass is 16.5. The fraction of sp³-hybridized carbons (Fsp3) is 0.211. The number of nitrogens with one attached hydrogen (secondary N) is 1. The first-order valence-corrected chi connectivity index (χ1v) is 8.20. The van der Waals surface area contributed by atoms with E-state index in [4.69, 9.17) is 4.74 Å². The van der Waals surface area contributed by atoms with Gasteiger partial charge in [-0.15, -0.1) is 0 Å². The molecule has 0 bridgehead atoms. The second-order valence-corrected chi connectivity index (χ2v) is 6.02. The number of hydrogen-bond donors (Lipinski definition) is 1. The van der Waals surface area contributed by atoms with Crippen LogP contribution >= 0.6 is 0 Å². The quantitative estimate of drug-likeness (QED) is 0.796. The van der Waals surface area contributed by atoms with Crippen molar-refractivity contribution in [2.45, 2.75) is 12.5 Å². The Labute approximate surface area is 144 Å². The summed E-state index contributed by atoms with van der Waals surface area (Å²) in [7, 11) is 0. The number of likely N-dealkylation sites (tertiary alicyclic amines) is 1. The highest BCUT2D eigenvalue weighted by Crippen LogP contribution is 2.18. The van der Waals surface area contributed by atoms with E-state index in [2.05, 4.69) is 9.97 Å². The second kappa shape index (κ2) is 6.39. The van der Waals surface area contributed by atoms with Gasteiger partial charge in [-0.25, -0.2) is 4.98 Å². The summed E-state index contributed by atoms with van der Waals surface area (Å²) < 4.78 is 5.80. The van der Waals surface area contributed by atoms with Crippen LogP contribution in [-0.4, -0.2) is 40.0 Å². The van der Waals surface area contributed by atoms with Crippen LogP contribution in [-0.2, 0) is 0 Å². The lowest BCUT2D eigenvalue weighted by atomic mass is 10.1. The van der Waals surface area contributed by atoms with Gasteiger partial charge >= 0.3 is 0 Å². The molecule has 0 spiro atoms. The summed E-state index contributed by atoms with van der Waals surface area (Å²) in [5.74, 6) is 0.282. The van der Waals surface area contributed by atoms with E-state index in [9.17, 15) is 9.59 Å². The molecule has 1 amide bonds. The van der Waals surface area contributed by atoms with E-state index in [1.165, 1.54) is 6.20 Å². The molecule has 25 heavy (non-hydrogen) atoms. The van der Waals surface area contributed by atoms with Crippen LogP contribution < -0.4 is 10.2 Å². The number of carbonyl (C=O) groups excluding carboxylic acids is 1. The minimum Gasteiger partial charge on any atom is -0.472 e. The summed E-state index contributed by atoms with van der Waals surface area (Å²) in [5.41, 5.74) is 0.646. The maximum Gasteiger partial charge on any atom is 0.259 e. The summed E-state index contributed by atoms with van der Waals surface area (Å²) in [5, 5.41) is 0.522. The molecule has 0 saturated carbocycles. The Hall–Kier alpha value is -3.15. The third kappa shape index (κ3) is 2.98. The number of pyridine rings is 2. The average Bonchev–Trinajstić information content (AvgIpc) is 3.11. The number of rotatable bonds is 3. The Morgan fingerprint density at radius 2 is 2.04 bits per heavy atom. The standard InChI is InChI=1S/C19H17N3O3/c23-18-14-5-1-2-6-16(14)21-11-15(18)19(24)22-10-8-13(12-22)25-17-7-3-4-9-20-17/h1-7,9,11,13H,8,10,12H2,(H,21,23). The van der Waals surface area contributed by atoms with Crippen LogP contribution in [0.3, 0.4) is 0 Å². The minimum absolute atomic E-state index is 0.113. The number of carbonyl (C=O) groups is 1. The number of benzene rings is 1. The van der Waals surface area contributed by atoms with Crippen LogP contribution in [0.1, 0.15) is 16.8 Å². The Kier molecular flexibility index (Phi) is 3.93. The van der Waals surface area contributed by atoms with Gasteiger partial charge in [0.25, 0.3) is 5.91 Å². The number of para-hydroxylation sites is 1. The van der Waals surface area contributed by atoms with Gasteiger partial charge in [0, 0.05) is 42.3 Å². The van der Waals surface area contributed by atoms with Crippen molar-refractivity contribution in [2.75, 3.05) is 13.1 Å². The molecule has 6 nitrogen and oxygen atoms in total. The summed E-state index contributed by atoms with van der Waals surface area (Å²) in [6.45, 7) is 1.00. The van der Waals surface area contributed by atoms with Gasteiger partial charge in [-0.05, 0) is 18.2 Å². The topological polar surface area (TPSA) is 75.3 Å². The molecule has 1 fully saturated rings. The molecule has 1 aromatic carbocycles. The Morgan fingerprint density at radius 3 is 2.88 bits per heavy atom. The van der Waals surface area contributed by atoms with Crippen LogP contribution in [0.2, 0.25) is 0 Å². The first-order chi connectivity index (χ1) is 12.2. The zero-order valence-electron chi connectivity index (χ0n) is 13.5. The van der Waals surface area contributed by atoms with Gasteiger partial charge in [0.2, 0.25) is 11.3 Å². The number of hydrogen-bond acceptors (Lipinski definition) is 4. The van der Waals surface area contributed by atoms with E-state index < -0.39 is 0 Å². The SMILES string of the molecule is O=C(c1c[nH]c2ccccc2c1=O)N1CCC(Oc2ccccn2)C1. The van der Waals surface area contributed by atoms with Crippen LogP contribution in [0.15, 0.2) is 59.7 Å². The van der Waals surface area contributed by atoms with E-state index in [-0.39, 0.29) is 23.0 Å². The molecule has 1 unspecified atom stereocenters. The van der Waals surface area contributed by atoms with Crippen LogP contribution in [0.25, 0.3) is 10.9 Å². The monoisotopic (exact) mass is 335 g/mol. The highest BCUT2D eigenvalue weighted by Gasteiger charge is 2.29. The molecule has 3 aromatic rings. The van der Waals surface area contributed by atoms with Gasteiger partial charge < -0.3 is 14.6 Å². The van der Waals surface area contributed by atoms with Crippen molar-refractivity contribution in [3.8, 4) is 5.88 Å². The number of ether oxygens (including phenoxy) is 1. The summed E-state index contributed by atoms with van der Waals surface area (Å²) in [4.78, 5) is 34.2. The van der Waals surface area contributed by atoms with Crippen molar-refractivity contribution in [1.82, 2.24) is 14.9 Å². The van der Waals surface area contributed by atoms with Gasteiger partial charge in [0.1, 0.15) is 11.7 Å². The van der Waals surface area contributed by atoms with Gasteiger partial charge in [-0.3, -0.25) is 9.59 Å². The number of H-pyrrole nitrogens is 1. The fourth-order valence-electron chi connectivity index (χ4n) is 3.09. The van der Waals surface area contributed by atoms with Gasteiger partial charge in [-0.1, -0.05) is 18.2 Å². The molecule has 126 valence electrons. The van der Waals surface area contributed by atoms with Crippen molar-refractivity contribution in [1.29, 1.82) is 0 Å². The molecular formula is C19H17N3O3. The average molecular weight is 335 g/mol. The number of amides is 1. The number of nitrogens with zero attached hydrogens (tertiary/aromatic N) is 2. The molecule has 1 atom stereocenters. The van der Waals surface area contributed by atoms with Crippen LogP contribution in [0, 0.1) is 0 Å². The maximum absolute atomic E-state index is 12.7. The molecule has 6 heteroatoms. The van der Waals surface area contributed by atoms with E-state index in [0.29, 0.717) is 30.8 Å². The van der Waals surface area contributed by atoms with Crippen molar-refractivity contribution in [3.63, 3.8) is 0 Å². The maximum atomic E-state index is 12.7. The molecule has 1 aliphatic heterocycles. The molecule has 0 radical (unpaired) electrons. The van der Waals surface area contributed by atoms with E-state index in [0.717, 1.165) is 5.52 Å². The minimum atomic E-state index is -0.265. The van der Waals surface area contributed by atoms with E-state index in [1.54, 1.807) is 29.3 Å². The van der Waals surface area contributed by atoms with Crippen LogP contribution in [0.4, 0.5) is 0 Å². The van der Waals surface area contributed by atoms with Crippen molar-refractivity contribution in [3.05, 3.63) is 70.6 Å². The smallest absolute Gasteiger partial charge is 0.259 e. The first-order valence-electron chi connectivity index (χ1n) is 8.20. The Morgan fingerprint density at radius 1 is 1.20 bits per heavy atom. The lowest BCUT2D eigenvalue weighted by Crippen LogP contribution is -2.34. The van der Waals surface area contributed by atoms with E-state index in [1.807, 2.05) is 24.3 Å². The van der Waals surface area contributed by atoms with Crippen molar-refractivity contribution < 1.29 is 9.53 Å². The number of aromatic amines is 1.